The highest BCUT2D eigenvalue weighted by atomic mass is 19.4. The minimum atomic E-state index is -7.22. The van der Waals surface area contributed by atoms with E-state index in [1.165, 1.54) is 0 Å². The molecule has 12 heteroatoms. The summed E-state index contributed by atoms with van der Waals surface area (Å²) in [5.74, 6) is -35.2. The number of halogens is 11. The van der Waals surface area contributed by atoms with Crippen LogP contribution in [-0.4, -0.2) is 29.6 Å². The van der Waals surface area contributed by atoms with E-state index in [1.807, 2.05) is 0 Å². The maximum atomic E-state index is 14.9. The van der Waals surface area contributed by atoms with E-state index in [-0.39, 0.29) is 28.9 Å². The number of benzene rings is 1. The molecule has 0 heterocycles. The largest absolute Gasteiger partial charge is 0.398 e. The lowest BCUT2D eigenvalue weighted by Crippen LogP contribution is -2.82. The number of alkyl halides is 11. The second-order valence-electron chi connectivity index (χ2n) is 6.05. The summed E-state index contributed by atoms with van der Waals surface area (Å²) in [6.45, 7) is 1.94. The Morgan fingerprint density at radius 3 is 1.15 bits per heavy atom. The van der Waals surface area contributed by atoms with Gasteiger partial charge in [-0.1, -0.05) is 12.1 Å². The third-order valence-electron chi connectivity index (χ3n) is 4.43. The molecule has 0 amide bonds. The first kappa shape index (κ1) is 20.6. The average Bonchev–Trinajstić information content (AvgIpc) is 2.49. The lowest BCUT2D eigenvalue weighted by atomic mass is 9.68. The maximum absolute atomic E-state index is 14.9. The van der Waals surface area contributed by atoms with Gasteiger partial charge in [-0.15, -0.1) is 0 Å². The second kappa shape index (κ2) is 4.94. The van der Waals surface area contributed by atoms with Crippen LogP contribution in [0.5, 0.6) is 0 Å². The summed E-state index contributed by atoms with van der Waals surface area (Å²) in [5.41, 5.74) is -3.78. The number of aryl methyl sites for hydroxylation is 2. The van der Waals surface area contributed by atoms with Crippen molar-refractivity contribution in [2.24, 2.45) is 0 Å². The molecule has 0 radical (unpaired) electrons. The van der Waals surface area contributed by atoms with Gasteiger partial charge >= 0.3 is 29.6 Å². The van der Waals surface area contributed by atoms with E-state index in [9.17, 15) is 48.3 Å². The molecule has 0 saturated heterocycles. The number of nitrogens with two attached hydrogens (primary N) is 1. The van der Waals surface area contributed by atoms with Crippen LogP contribution in [0.1, 0.15) is 16.7 Å². The molecule has 2 rings (SSSR count). The van der Waals surface area contributed by atoms with Crippen molar-refractivity contribution in [2.45, 2.75) is 49.1 Å². The smallest absolute Gasteiger partial charge is 0.384 e. The SMILES string of the molecule is Cc1cc(C2(F)C(F)(F)C(F)(F)C(F)(F)C(F)(F)C2(F)F)cc(C)c1N. The Hall–Kier alpha value is -1.75. The summed E-state index contributed by atoms with van der Waals surface area (Å²) < 4.78 is 151. The molecular formula is C14H10F11N. The molecule has 0 unspecified atom stereocenters. The molecule has 1 aromatic rings. The van der Waals surface area contributed by atoms with Crippen LogP contribution in [0.4, 0.5) is 54.0 Å². The Bertz CT molecular complexity index is 700. The van der Waals surface area contributed by atoms with E-state index in [0.29, 0.717) is 0 Å². The molecule has 2 N–H and O–H groups in total. The number of rotatable bonds is 1. The van der Waals surface area contributed by atoms with Crippen LogP contribution in [0.3, 0.4) is 0 Å². The third kappa shape index (κ3) is 1.82. The van der Waals surface area contributed by atoms with Gasteiger partial charge in [0.25, 0.3) is 5.67 Å². The van der Waals surface area contributed by atoms with E-state index >= 15 is 0 Å². The number of anilines is 1. The van der Waals surface area contributed by atoms with Crippen molar-refractivity contribution in [3.8, 4) is 0 Å². The van der Waals surface area contributed by atoms with Gasteiger partial charge in [-0.3, -0.25) is 0 Å². The molecule has 1 aromatic carbocycles. The van der Waals surface area contributed by atoms with Crippen molar-refractivity contribution in [1.29, 1.82) is 0 Å². The molecule has 26 heavy (non-hydrogen) atoms. The first-order valence-corrected chi connectivity index (χ1v) is 6.77. The van der Waals surface area contributed by atoms with Gasteiger partial charge in [0, 0.05) is 11.3 Å². The molecule has 1 aliphatic carbocycles. The normalized spacial score (nSPS) is 27.1. The van der Waals surface area contributed by atoms with Gasteiger partial charge in [-0.05, 0) is 25.0 Å². The van der Waals surface area contributed by atoms with Crippen LogP contribution in [0.25, 0.3) is 0 Å². The fourth-order valence-corrected chi connectivity index (χ4v) is 2.76. The molecule has 1 nitrogen and oxygen atoms in total. The van der Waals surface area contributed by atoms with Gasteiger partial charge in [0.15, 0.2) is 0 Å². The highest BCUT2D eigenvalue weighted by molar-refractivity contribution is 5.56. The first-order valence-electron chi connectivity index (χ1n) is 6.77. The Kier molecular flexibility index (Phi) is 3.91. The molecule has 148 valence electrons. The van der Waals surface area contributed by atoms with Crippen molar-refractivity contribution in [1.82, 2.24) is 0 Å². The third-order valence-corrected chi connectivity index (χ3v) is 4.43. The Morgan fingerprint density at radius 2 is 0.846 bits per heavy atom. The average molecular weight is 401 g/mol. The van der Waals surface area contributed by atoms with Gasteiger partial charge < -0.3 is 5.73 Å². The number of nitrogen functional groups attached to an aromatic ring is 1. The molecule has 0 aliphatic heterocycles. The molecule has 0 aromatic heterocycles. The van der Waals surface area contributed by atoms with Gasteiger partial charge in [0.05, 0.1) is 0 Å². The number of hydrogen-bond donors (Lipinski definition) is 1. The molecule has 0 bridgehead atoms. The zero-order valence-corrected chi connectivity index (χ0v) is 12.9. The lowest BCUT2D eigenvalue weighted by Gasteiger charge is -2.52. The van der Waals surface area contributed by atoms with Gasteiger partial charge in [0.1, 0.15) is 0 Å². The van der Waals surface area contributed by atoms with E-state index in [1.54, 1.807) is 0 Å². The lowest BCUT2D eigenvalue weighted by molar-refractivity contribution is -0.489. The van der Waals surface area contributed by atoms with Crippen LogP contribution in [-0.2, 0) is 5.67 Å². The van der Waals surface area contributed by atoms with E-state index in [4.69, 9.17) is 5.73 Å². The van der Waals surface area contributed by atoms with Gasteiger partial charge in [0.2, 0.25) is 0 Å². The summed E-state index contributed by atoms with van der Waals surface area (Å²) in [6, 6.07) is 0.222. The van der Waals surface area contributed by atoms with E-state index in [2.05, 4.69) is 0 Å². The van der Waals surface area contributed by atoms with Crippen molar-refractivity contribution in [2.75, 3.05) is 5.73 Å². The monoisotopic (exact) mass is 401 g/mol. The van der Waals surface area contributed by atoms with Crippen LogP contribution >= 0.6 is 0 Å². The molecule has 1 fully saturated rings. The zero-order valence-electron chi connectivity index (χ0n) is 12.9. The van der Waals surface area contributed by atoms with Crippen LogP contribution < -0.4 is 5.73 Å². The Labute approximate surface area is 139 Å². The topological polar surface area (TPSA) is 26.0 Å². The second-order valence-corrected chi connectivity index (χ2v) is 6.05. The Balaban J connectivity index is 2.98. The standard InChI is InChI=1S/C14H10F11N/c1-5-3-7(4-6(2)8(5)26)9(15)10(16,17)12(20,21)14(24,25)13(22,23)11(9,18)19/h3-4H,26H2,1-2H3. The predicted molar refractivity (Wildman–Crippen MR) is 67.8 cm³/mol. The molecule has 1 saturated carbocycles. The summed E-state index contributed by atoms with van der Waals surface area (Å²) in [6.07, 6.45) is 0. The van der Waals surface area contributed by atoms with E-state index in [0.717, 1.165) is 13.8 Å². The van der Waals surface area contributed by atoms with E-state index < -0.39 is 40.8 Å². The molecule has 0 atom stereocenters. The molecule has 1 aliphatic rings. The van der Waals surface area contributed by atoms with Crippen LogP contribution in [0, 0.1) is 13.8 Å². The van der Waals surface area contributed by atoms with Crippen molar-refractivity contribution in [3.05, 3.63) is 28.8 Å². The minimum Gasteiger partial charge on any atom is -0.398 e. The summed E-state index contributed by atoms with van der Waals surface area (Å²) in [7, 11) is 0. The fourth-order valence-electron chi connectivity index (χ4n) is 2.76. The van der Waals surface area contributed by atoms with Gasteiger partial charge in [-0.25, -0.2) is 4.39 Å². The highest BCUT2D eigenvalue weighted by Gasteiger charge is 3.01. The quantitative estimate of drug-likeness (QED) is 0.506. The van der Waals surface area contributed by atoms with Crippen LogP contribution in [0.15, 0.2) is 12.1 Å². The predicted octanol–water partition coefficient (Wildman–Crippen LogP) is 5.24. The van der Waals surface area contributed by atoms with Gasteiger partial charge in [-0.2, -0.15) is 43.9 Å². The summed E-state index contributed by atoms with van der Waals surface area (Å²) in [5, 5.41) is 0. The fraction of sp³-hybridized carbons (Fsp3) is 0.571. The first-order chi connectivity index (χ1) is 11.3. The molecular weight excluding hydrogens is 391 g/mol. The molecule has 0 spiro atoms. The van der Waals surface area contributed by atoms with Crippen molar-refractivity contribution >= 4 is 5.69 Å². The number of hydrogen-bond acceptors (Lipinski definition) is 1. The summed E-state index contributed by atoms with van der Waals surface area (Å²) in [4.78, 5) is 0. The Morgan fingerprint density at radius 1 is 0.577 bits per heavy atom. The minimum absolute atomic E-state index is 0.111. The maximum Gasteiger partial charge on any atom is 0.384 e. The zero-order chi connectivity index (χ0) is 20.7. The highest BCUT2D eigenvalue weighted by Crippen LogP contribution is 2.72. The summed E-state index contributed by atoms with van der Waals surface area (Å²) >= 11 is 0. The van der Waals surface area contributed by atoms with Crippen molar-refractivity contribution in [3.63, 3.8) is 0 Å². The van der Waals surface area contributed by atoms with Crippen molar-refractivity contribution < 1.29 is 48.3 Å². The van der Waals surface area contributed by atoms with Crippen LogP contribution in [0.2, 0.25) is 0 Å².